The van der Waals surface area contributed by atoms with Crippen LogP contribution in [0.4, 0.5) is 11.4 Å². The Morgan fingerprint density at radius 1 is 1.30 bits per heavy atom. The molecule has 0 saturated heterocycles. The number of carbonyl (C=O) groups is 2. The van der Waals surface area contributed by atoms with Crippen molar-refractivity contribution in [3.8, 4) is 5.88 Å². The number of methoxy groups -OCH3 is 1. The molecule has 172 valence electrons. The number of ether oxygens (including phenoxy) is 1. The first kappa shape index (κ1) is 23.3. The maximum absolute atomic E-state index is 12.0. The number of rotatable bonds is 10. The Balaban J connectivity index is 1.93. The van der Waals surface area contributed by atoms with Gasteiger partial charge in [0.2, 0.25) is 12.3 Å². The summed E-state index contributed by atoms with van der Waals surface area (Å²) < 4.78 is 8.89. The molecule has 2 heterocycles. The van der Waals surface area contributed by atoms with Crippen LogP contribution in [0.25, 0.3) is 5.70 Å². The minimum Gasteiger partial charge on any atom is -0.478 e. The van der Waals surface area contributed by atoms with Gasteiger partial charge < -0.3 is 24.8 Å². The van der Waals surface area contributed by atoms with Crippen LogP contribution >= 0.6 is 0 Å². The van der Waals surface area contributed by atoms with Gasteiger partial charge in [-0.3, -0.25) is 14.3 Å². The number of hydrogen-bond donors (Lipinski definition) is 2. The van der Waals surface area contributed by atoms with Gasteiger partial charge in [0, 0.05) is 37.9 Å². The molecule has 0 atom stereocenters. The molecule has 0 aliphatic rings. The first-order valence-corrected chi connectivity index (χ1v) is 10.1. The number of carbonyl (C=O) groups excluding carboxylic acids is 2. The summed E-state index contributed by atoms with van der Waals surface area (Å²) in [6.45, 7) is 5.68. The Kier molecular flexibility index (Phi) is 7.29. The molecule has 3 rings (SSSR count). The number of nitrogens with zero attached hydrogens (tertiary/aromatic N) is 5. The summed E-state index contributed by atoms with van der Waals surface area (Å²) in [7, 11) is 5.22. The topological polar surface area (TPSA) is 106 Å². The lowest BCUT2D eigenvalue weighted by Gasteiger charge is -2.17. The summed E-state index contributed by atoms with van der Waals surface area (Å²) >= 11 is 0. The van der Waals surface area contributed by atoms with Crippen molar-refractivity contribution in [1.82, 2.24) is 24.2 Å². The number of hydrogen-bond acceptors (Lipinski definition) is 6. The fourth-order valence-corrected chi connectivity index (χ4v) is 3.17. The van der Waals surface area contributed by atoms with Gasteiger partial charge in [-0.25, -0.2) is 4.98 Å². The Hall–Kier alpha value is -4.34. The van der Waals surface area contributed by atoms with Crippen LogP contribution in [0.5, 0.6) is 5.88 Å². The summed E-state index contributed by atoms with van der Waals surface area (Å²) in [5, 5.41) is 10.3. The normalized spacial score (nSPS) is 11.1. The van der Waals surface area contributed by atoms with E-state index in [4.69, 9.17) is 4.74 Å². The van der Waals surface area contributed by atoms with Crippen molar-refractivity contribution in [2.45, 2.75) is 13.5 Å². The van der Waals surface area contributed by atoms with Crippen LogP contribution in [-0.4, -0.2) is 43.7 Å². The largest absolute Gasteiger partial charge is 0.478 e. The first-order valence-electron chi connectivity index (χ1n) is 10.1. The molecule has 2 N–H and O–H groups in total. The molecule has 2 amide bonds. The van der Waals surface area contributed by atoms with Gasteiger partial charge in [-0.05, 0) is 30.7 Å². The molecule has 0 unspecified atom stereocenters. The molecule has 0 saturated carbocycles. The van der Waals surface area contributed by atoms with Crippen LogP contribution in [0.3, 0.4) is 0 Å². The van der Waals surface area contributed by atoms with E-state index in [1.54, 1.807) is 42.5 Å². The summed E-state index contributed by atoms with van der Waals surface area (Å²) in [5.41, 5.74) is 3.62. The molecule has 0 bridgehead atoms. The molecule has 0 aliphatic carbocycles. The van der Waals surface area contributed by atoms with Gasteiger partial charge in [0.25, 0.3) is 5.88 Å². The van der Waals surface area contributed by atoms with Gasteiger partial charge in [-0.1, -0.05) is 18.7 Å². The third-order valence-corrected chi connectivity index (χ3v) is 4.89. The average molecular weight is 450 g/mol. The van der Waals surface area contributed by atoms with E-state index < -0.39 is 0 Å². The third kappa shape index (κ3) is 5.67. The highest BCUT2D eigenvalue weighted by Crippen LogP contribution is 2.26. The Morgan fingerprint density at radius 2 is 2.09 bits per heavy atom. The second kappa shape index (κ2) is 10.3. The summed E-state index contributed by atoms with van der Waals surface area (Å²) in [4.78, 5) is 29.5. The van der Waals surface area contributed by atoms with Crippen molar-refractivity contribution in [3.05, 3.63) is 72.6 Å². The van der Waals surface area contributed by atoms with E-state index in [9.17, 15) is 9.59 Å². The zero-order valence-corrected chi connectivity index (χ0v) is 19.1. The molecule has 0 spiro atoms. The zero-order valence-electron chi connectivity index (χ0n) is 19.1. The second-order valence-corrected chi connectivity index (χ2v) is 7.35. The molecule has 0 radical (unpaired) electrons. The van der Waals surface area contributed by atoms with Crippen molar-refractivity contribution in [2.75, 3.05) is 17.7 Å². The predicted octanol–water partition coefficient (Wildman–Crippen LogP) is 2.66. The lowest BCUT2D eigenvalue weighted by Crippen LogP contribution is -2.18. The summed E-state index contributed by atoms with van der Waals surface area (Å²) in [6.07, 6.45) is 7.14. The van der Waals surface area contributed by atoms with E-state index in [2.05, 4.69) is 27.3 Å². The maximum atomic E-state index is 12.0. The summed E-state index contributed by atoms with van der Waals surface area (Å²) in [5.74, 6) is 0.747. The number of anilines is 2. The molecule has 0 fully saturated rings. The SMILES string of the molecule is C=CC(=O)Nc1cccc(CN(C=O)/C=C(/Nc2cn(C)nc2OC)c2ncc(C)n2C)c1. The van der Waals surface area contributed by atoms with Crippen molar-refractivity contribution in [1.29, 1.82) is 0 Å². The van der Waals surface area contributed by atoms with Crippen molar-refractivity contribution >= 4 is 29.4 Å². The number of amides is 2. The first-order chi connectivity index (χ1) is 15.8. The molecular weight excluding hydrogens is 422 g/mol. The number of aromatic nitrogens is 4. The standard InChI is InChI=1S/C23H27N7O3/c1-6-21(32)25-18-9-7-8-17(10-18)12-30(15-31)14-19(22-24-11-16(2)29(22)4)26-20-13-28(3)27-23(20)33-5/h6-11,13-15,26H,1,12H2,2-5H3,(H,25,32)/b19-14+. The Bertz CT molecular complexity index is 1190. The van der Waals surface area contributed by atoms with E-state index in [0.29, 0.717) is 28.8 Å². The van der Waals surface area contributed by atoms with Crippen molar-refractivity contribution < 1.29 is 14.3 Å². The van der Waals surface area contributed by atoms with E-state index in [-0.39, 0.29) is 12.5 Å². The maximum Gasteiger partial charge on any atom is 0.256 e. The molecule has 10 heteroatoms. The Labute approximate surface area is 192 Å². The summed E-state index contributed by atoms with van der Waals surface area (Å²) in [6, 6.07) is 7.25. The van der Waals surface area contributed by atoms with Crippen LogP contribution in [-0.2, 0) is 30.2 Å². The van der Waals surface area contributed by atoms with Crippen LogP contribution in [0.1, 0.15) is 17.1 Å². The molecule has 1 aromatic carbocycles. The smallest absolute Gasteiger partial charge is 0.256 e. The number of benzene rings is 1. The molecular formula is C23H27N7O3. The van der Waals surface area contributed by atoms with E-state index in [1.807, 2.05) is 30.7 Å². The van der Waals surface area contributed by atoms with Gasteiger partial charge in [0.1, 0.15) is 5.69 Å². The van der Waals surface area contributed by atoms with Gasteiger partial charge in [-0.15, -0.1) is 5.10 Å². The van der Waals surface area contributed by atoms with Gasteiger partial charge in [0.05, 0.1) is 25.5 Å². The predicted molar refractivity (Wildman–Crippen MR) is 126 cm³/mol. The number of imidazole rings is 1. The molecule has 10 nitrogen and oxygen atoms in total. The lowest BCUT2D eigenvalue weighted by molar-refractivity contribution is -0.116. The van der Waals surface area contributed by atoms with Crippen LogP contribution < -0.4 is 15.4 Å². The van der Waals surface area contributed by atoms with Crippen LogP contribution in [0, 0.1) is 6.92 Å². The monoisotopic (exact) mass is 449 g/mol. The van der Waals surface area contributed by atoms with Crippen molar-refractivity contribution in [2.24, 2.45) is 14.1 Å². The van der Waals surface area contributed by atoms with Crippen molar-refractivity contribution in [3.63, 3.8) is 0 Å². The van der Waals surface area contributed by atoms with Crippen LogP contribution in [0.2, 0.25) is 0 Å². The fraction of sp³-hybridized carbons (Fsp3) is 0.217. The van der Waals surface area contributed by atoms with Gasteiger partial charge >= 0.3 is 0 Å². The third-order valence-electron chi connectivity index (χ3n) is 4.89. The Morgan fingerprint density at radius 3 is 2.73 bits per heavy atom. The highest BCUT2D eigenvalue weighted by molar-refractivity contribution is 5.98. The number of aryl methyl sites for hydroxylation is 2. The molecule has 2 aromatic heterocycles. The molecule has 3 aromatic rings. The highest BCUT2D eigenvalue weighted by atomic mass is 16.5. The van der Waals surface area contributed by atoms with E-state index >= 15 is 0 Å². The molecule has 0 aliphatic heterocycles. The average Bonchev–Trinajstić information content (AvgIpc) is 3.33. The highest BCUT2D eigenvalue weighted by Gasteiger charge is 2.16. The zero-order chi connectivity index (χ0) is 24.0. The van der Waals surface area contributed by atoms with Crippen LogP contribution in [0.15, 0.2) is 55.5 Å². The number of nitrogens with one attached hydrogen (secondary N) is 2. The minimum atomic E-state index is -0.304. The lowest BCUT2D eigenvalue weighted by atomic mass is 10.2. The van der Waals surface area contributed by atoms with Gasteiger partial charge in [0.15, 0.2) is 5.82 Å². The molecule has 33 heavy (non-hydrogen) atoms. The minimum absolute atomic E-state index is 0.278. The van der Waals surface area contributed by atoms with E-state index in [0.717, 1.165) is 17.7 Å². The van der Waals surface area contributed by atoms with E-state index in [1.165, 1.54) is 18.1 Å². The fourth-order valence-electron chi connectivity index (χ4n) is 3.17. The second-order valence-electron chi connectivity index (χ2n) is 7.35. The quantitative estimate of drug-likeness (QED) is 0.364. The van der Waals surface area contributed by atoms with Gasteiger partial charge in [-0.2, -0.15) is 0 Å².